The number of anilines is 1. The quantitative estimate of drug-likeness (QED) is 0.485. The molecular weight excluding hydrogens is 302 g/mol. The molecule has 1 aromatic rings. The van der Waals surface area contributed by atoms with Gasteiger partial charge in [-0.15, -0.1) is 0 Å². The van der Waals surface area contributed by atoms with Crippen molar-refractivity contribution in [3.63, 3.8) is 0 Å². The number of thiocarbonyl (C=S) groups is 1. The highest BCUT2D eigenvalue weighted by atomic mass is 32.1. The number of hydrazone groups is 1. The zero-order valence-corrected chi connectivity index (χ0v) is 15.1. The fourth-order valence-electron chi connectivity index (χ4n) is 3.73. The zero-order chi connectivity index (χ0) is 16.6. The first-order valence-corrected chi connectivity index (χ1v) is 8.66. The molecule has 3 nitrogen and oxygen atoms in total. The van der Waals surface area contributed by atoms with Crippen LogP contribution < -0.4 is 10.7 Å². The minimum Gasteiger partial charge on any atom is -0.331 e. The molecule has 1 saturated carbocycles. The number of aryl methyl sites for hydroxylation is 2. The lowest BCUT2D eigenvalue weighted by atomic mass is 9.49. The molecule has 1 aromatic carbocycles. The number of rotatable bonds is 3. The van der Waals surface area contributed by atoms with Crippen LogP contribution in [0.3, 0.4) is 0 Å². The van der Waals surface area contributed by atoms with E-state index in [-0.39, 0.29) is 0 Å². The summed E-state index contributed by atoms with van der Waals surface area (Å²) in [6.07, 6.45) is 6.75. The first-order valence-electron chi connectivity index (χ1n) is 8.25. The molecule has 0 unspecified atom stereocenters. The summed E-state index contributed by atoms with van der Waals surface area (Å²) in [7, 11) is 0. The summed E-state index contributed by atoms with van der Waals surface area (Å²) in [4.78, 5) is 0. The Bertz CT molecular complexity index is 688. The van der Waals surface area contributed by atoms with Crippen molar-refractivity contribution in [1.82, 2.24) is 5.43 Å². The molecule has 0 saturated heterocycles. The first kappa shape index (κ1) is 16.2. The number of nitrogens with zero attached hydrogens (tertiary/aromatic N) is 1. The van der Waals surface area contributed by atoms with Gasteiger partial charge in [0.05, 0.1) is 6.21 Å². The highest BCUT2D eigenvalue weighted by Gasteiger charge is 2.50. The van der Waals surface area contributed by atoms with Gasteiger partial charge in [-0.05, 0) is 78.9 Å². The lowest BCUT2D eigenvalue weighted by molar-refractivity contribution is -0.00126. The van der Waals surface area contributed by atoms with Gasteiger partial charge in [0, 0.05) is 5.69 Å². The molecule has 2 bridgehead atoms. The predicted octanol–water partition coefficient (Wildman–Crippen LogP) is 4.57. The smallest absolute Gasteiger partial charge is 0.191 e. The van der Waals surface area contributed by atoms with E-state index in [0.29, 0.717) is 16.4 Å². The fraction of sp³-hybridized carbons (Fsp3) is 0.474. The van der Waals surface area contributed by atoms with Gasteiger partial charge in [0.2, 0.25) is 0 Å². The van der Waals surface area contributed by atoms with Crippen molar-refractivity contribution in [1.29, 1.82) is 0 Å². The van der Waals surface area contributed by atoms with Crippen molar-refractivity contribution < 1.29 is 0 Å². The van der Waals surface area contributed by atoms with E-state index in [4.69, 9.17) is 12.2 Å². The highest BCUT2D eigenvalue weighted by Crippen LogP contribution is 2.58. The van der Waals surface area contributed by atoms with Crippen molar-refractivity contribution in [2.45, 2.75) is 40.5 Å². The van der Waals surface area contributed by atoms with Gasteiger partial charge < -0.3 is 5.32 Å². The summed E-state index contributed by atoms with van der Waals surface area (Å²) >= 11 is 5.33. The molecule has 0 spiro atoms. The Kier molecular flexibility index (Phi) is 4.28. The minimum absolute atomic E-state index is 0.424. The molecule has 2 atom stereocenters. The number of nitrogens with one attached hydrogen (secondary N) is 2. The lowest BCUT2D eigenvalue weighted by Crippen LogP contribution is -2.48. The number of hydrogen-bond donors (Lipinski definition) is 2. The van der Waals surface area contributed by atoms with E-state index in [1.165, 1.54) is 29.5 Å². The summed E-state index contributed by atoms with van der Waals surface area (Å²) < 4.78 is 0. The van der Waals surface area contributed by atoms with Gasteiger partial charge in [0.25, 0.3) is 0 Å². The largest absolute Gasteiger partial charge is 0.331 e. The Morgan fingerprint density at radius 2 is 2.13 bits per heavy atom. The number of benzene rings is 1. The molecule has 23 heavy (non-hydrogen) atoms. The molecule has 1 fully saturated rings. The van der Waals surface area contributed by atoms with Crippen LogP contribution in [0.25, 0.3) is 0 Å². The molecule has 0 heterocycles. The molecule has 122 valence electrons. The van der Waals surface area contributed by atoms with E-state index in [9.17, 15) is 0 Å². The second kappa shape index (κ2) is 6.08. The second-order valence-electron chi connectivity index (χ2n) is 7.39. The van der Waals surface area contributed by atoms with Gasteiger partial charge >= 0.3 is 0 Å². The third-order valence-electron chi connectivity index (χ3n) is 5.53. The minimum atomic E-state index is 0.424. The highest BCUT2D eigenvalue weighted by molar-refractivity contribution is 7.80. The average molecular weight is 327 g/mol. The molecule has 0 radical (unpaired) electrons. The Balaban J connectivity index is 1.57. The Labute approximate surface area is 144 Å². The van der Waals surface area contributed by atoms with Crippen LogP contribution in [0, 0.1) is 31.1 Å². The van der Waals surface area contributed by atoms with Crippen molar-refractivity contribution in [3.8, 4) is 0 Å². The van der Waals surface area contributed by atoms with Crippen LogP contribution in [0.5, 0.6) is 0 Å². The van der Waals surface area contributed by atoms with Crippen molar-refractivity contribution in [2.75, 3.05) is 5.32 Å². The van der Waals surface area contributed by atoms with Gasteiger partial charge in [-0.25, -0.2) is 0 Å². The van der Waals surface area contributed by atoms with Crippen LogP contribution in [-0.2, 0) is 0 Å². The maximum Gasteiger partial charge on any atom is 0.191 e. The summed E-state index contributed by atoms with van der Waals surface area (Å²) in [5.74, 6) is 1.50. The van der Waals surface area contributed by atoms with Crippen LogP contribution in [0.2, 0.25) is 0 Å². The molecule has 0 aliphatic heterocycles. The van der Waals surface area contributed by atoms with Gasteiger partial charge in [-0.1, -0.05) is 32.1 Å². The third-order valence-corrected chi connectivity index (χ3v) is 5.73. The zero-order valence-electron chi connectivity index (χ0n) is 14.3. The molecule has 2 N–H and O–H groups in total. The number of fused-ring (bicyclic) bond motifs is 1. The van der Waals surface area contributed by atoms with Crippen LogP contribution in [0.15, 0.2) is 34.9 Å². The van der Waals surface area contributed by atoms with Crippen molar-refractivity contribution >= 4 is 29.2 Å². The van der Waals surface area contributed by atoms with E-state index >= 15 is 0 Å². The Hall–Kier alpha value is -1.68. The topological polar surface area (TPSA) is 36.4 Å². The normalized spacial score (nSPS) is 24.8. The molecule has 4 heteroatoms. The monoisotopic (exact) mass is 327 g/mol. The summed E-state index contributed by atoms with van der Waals surface area (Å²) in [5.41, 5.74) is 8.11. The van der Waals surface area contributed by atoms with E-state index in [0.717, 1.165) is 11.6 Å². The first-order chi connectivity index (χ1) is 10.9. The molecule has 4 rings (SSSR count). The second-order valence-corrected chi connectivity index (χ2v) is 7.80. The summed E-state index contributed by atoms with van der Waals surface area (Å²) in [5, 5.41) is 8.08. The van der Waals surface area contributed by atoms with Gasteiger partial charge in [0.1, 0.15) is 0 Å². The van der Waals surface area contributed by atoms with Crippen LogP contribution >= 0.6 is 12.2 Å². The van der Waals surface area contributed by atoms with Gasteiger partial charge in [-0.2, -0.15) is 5.10 Å². The van der Waals surface area contributed by atoms with E-state index in [1.807, 2.05) is 6.21 Å². The molecule has 0 amide bonds. The van der Waals surface area contributed by atoms with Gasteiger partial charge in [0.15, 0.2) is 5.11 Å². The molecule has 3 aliphatic carbocycles. The van der Waals surface area contributed by atoms with E-state index < -0.39 is 0 Å². The predicted molar refractivity (Wildman–Crippen MR) is 102 cm³/mol. The van der Waals surface area contributed by atoms with Crippen LogP contribution in [0.1, 0.15) is 37.8 Å². The third kappa shape index (κ3) is 3.18. The SMILES string of the molecule is Cc1ccc(C)c(NC(=S)N/N=C/C2=CC[C@H]3C[C@H]2C3(C)C)c1. The maximum atomic E-state index is 5.33. The lowest BCUT2D eigenvalue weighted by Gasteiger charge is -2.55. The fourth-order valence-corrected chi connectivity index (χ4v) is 3.89. The number of allylic oxidation sites excluding steroid dienone is 2. The van der Waals surface area contributed by atoms with Crippen LogP contribution in [0.4, 0.5) is 5.69 Å². The van der Waals surface area contributed by atoms with E-state index in [1.54, 1.807) is 0 Å². The van der Waals surface area contributed by atoms with Crippen LogP contribution in [-0.4, -0.2) is 11.3 Å². The average Bonchev–Trinajstić information content (AvgIpc) is 2.51. The maximum absolute atomic E-state index is 5.33. The molecule has 3 aliphatic rings. The Morgan fingerprint density at radius 3 is 2.83 bits per heavy atom. The number of hydrogen-bond acceptors (Lipinski definition) is 2. The van der Waals surface area contributed by atoms with E-state index in [2.05, 4.69) is 67.8 Å². The Morgan fingerprint density at radius 1 is 1.35 bits per heavy atom. The van der Waals surface area contributed by atoms with Crippen molar-refractivity contribution in [3.05, 3.63) is 41.0 Å². The van der Waals surface area contributed by atoms with Crippen molar-refractivity contribution in [2.24, 2.45) is 22.4 Å². The molecule has 0 aromatic heterocycles. The summed E-state index contributed by atoms with van der Waals surface area (Å²) in [6.45, 7) is 8.87. The van der Waals surface area contributed by atoms with Gasteiger partial charge in [-0.3, -0.25) is 5.43 Å². The summed E-state index contributed by atoms with van der Waals surface area (Å²) in [6, 6.07) is 6.28. The standard InChI is InChI=1S/C19H25N3S/c1-12-5-6-13(2)17(9-12)21-18(23)22-20-11-14-7-8-15-10-16(14)19(15,3)4/h5-7,9,11,15-16H,8,10H2,1-4H3,(H2,21,22,23)/b20-11+/t15-,16+/m0/s1. The molecular formula is C19H25N3S.